The molecule has 0 spiro atoms. The minimum absolute atomic E-state index is 0.115. The number of halogens is 3. The molecule has 3 nitrogen and oxygen atoms in total. The molecule has 0 aliphatic rings. The fourth-order valence-corrected chi connectivity index (χ4v) is 3.11. The van der Waals surface area contributed by atoms with Crippen molar-refractivity contribution < 1.29 is 13.9 Å². The molecule has 6 heteroatoms. The number of alkyl halides is 1. The van der Waals surface area contributed by atoms with E-state index >= 15 is 0 Å². The Balaban J connectivity index is 2.48. The second-order valence-electron chi connectivity index (χ2n) is 3.73. The van der Waals surface area contributed by atoms with Crippen LogP contribution >= 0.6 is 47.8 Å². The zero-order valence-electron chi connectivity index (χ0n) is 10.2. The van der Waals surface area contributed by atoms with Crippen LogP contribution in [0.15, 0.2) is 37.8 Å². The van der Waals surface area contributed by atoms with Crippen LogP contribution in [0.2, 0.25) is 0 Å². The zero-order chi connectivity index (χ0) is 14.0. The molecule has 0 saturated heterocycles. The number of rotatable bonds is 4. The highest BCUT2D eigenvalue weighted by atomic mass is 79.9. The standard InChI is InChI=1S/C13H11Br3O3/c1-17-10-6-8(14)11(18-2)5-7(10)13(16)9-3-4-12(15)19-9/h3-6,13H,1-2H3. The van der Waals surface area contributed by atoms with Gasteiger partial charge in [-0.05, 0) is 56.1 Å². The first-order valence-electron chi connectivity index (χ1n) is 5.37. The van der Waals surface area contributed by atoms with Gasteiger partial charge in [-0.1, -0.05) is 15.9 Å². The van der Waals surface area contributed by atoms with Crippen LogP contribution in [-0.4, -0.2) is 14.2 Å². The predicted octanol–water partition coefficient (Wildman–Crippen LogP) is 5.31. The van der Waals surface area contributed by atoms with Gasteiger partial charge in [0.2, 0.25) is 0 Å². The molecule has 1 aromatic carbocycles. The highest BCUT2D eigenvalue weighted by Gasteiger charge is 2.20. The van der Waals surface area contributed by atoms with Gasteiger partial charge in [0.05, 0.1) is 18.7 Å². The average molecular weight is 455 g/mol. The maximum absolute atomic E-state index is 5.56. The molecule has 1 aromatic heterocycles. The minimum atomic E-state index is -0.115. The van der Waals surface area contributed by atoms with Gasteiger partial charge < -0.3 is 13.9 Å². The Kier molecular flexibility index (Phi) is 4.97. The largest absolute Gasteiger partial charge is 0.496 e. The summed E-state index contributed by atoms with van der Waals surface area (Å²) in [4.78, 5) is -0.115. The number of ether oxygens (including phenoxy) is 2. The van der Waals surface area contributed by atoms with Crippen molar-refractivity contribution in [3.8, 4) is 11.5 Å². The van der Waals surface area contributed by atoms with E-state index in [4.69, 9.17) is 13.9 Å². The number of methoxy groups -OCH3 is 2. The summed E-state index contributed by atoms with van der Waals surface area (Å²) in [6, 6.07) is 7.54. The van der Waals surface area contributed by atoms with Gasteiger partial charge in [0.25, 0.3) is 0 Å². The molecular weight excluding hydrogens is 444 g/mol. The average Bonchev–Trinajstić information content (AvgIpc) is 2.84. The predicted molar refractivity (Wildman–Crippen MR) is 84.4 cm³/mol. The van der Waals surface area contributed by atoms with Crippen LogP contribution in [0.3, 0.4) is 0 Å². The van der Waals surface area contributed by atoms with Crippen LogP contribution in [0, 0.1) is 0 Å². The van der Waals surface area contributed by atoms with Gasteiger partial charge in [0.1, 0.15) is 22.1 Å². The fourth-order valence-electron chi connectivity index (χ4n) is 1.70. The maximum Gasteiger partial charge on any atom is 0.169 e. The van der Waals surface area contributed by atoms with Crippen LogP contribution < -0.4 is 9.47 Å². The van der Waals surface area contributed by atoms with Crippen molar-refractivity contribution in [3.63, 3.8) is 0 Å². The van der Waals surface area contributed by atoms with Gasteiger partial charge in [0, 0.05) is 5.56 Å². The summed E-state index contributed by atoms with van der Waals surface area (Å²) < 4.78 is 17.8. The molecule has 0 saturated carbocycles. The van der Waals surface area contributed by atoms with E-state index in [9.17, 15) is 0 Å². The van der Waals surface area contributed by atoms with Crippen LogP contribution in [0.25, 0.3) is 0 Å². The van der Waals surface area contributed by atoms with Gasteiger partial charge in [-0.3, -0.25) is 0 Å². The van der Waals surface area contributed by atoms with Gasteiger partial charge in [-0.25, -0.2) is 0 Å². The summed E-state index contributed by atoms with van der Waals surface area (Å²) in [7, 11) is 3.26. The summed E-state index contributed by atoms with van der Waals surface area (Å²) in [5, 5.41) is 0. The highest BCUT2D eigenvalue weighted by molar-refractivity contribution is 9.10. The fraction of sp³-hybridized carbons (Fsp3) is 0.231. The van der Waals surface area contributed by atoms with E-state index in [0.717, 1.165) is 27.3 Å². The molecule has 0 amide bonds. The quantitative estimate of drug-likeness (QED) is 0.587. The zero-order valence-corrected chi connectivity index (χ0v) is 15.0. The second-order valence-corrected chi connectivity index (χ2v) is 6.28. The van der Waals surface area contributed by atoms with E-state index in [1.54, 1.807) is 14.2 Å². The van der Waals surface area contributed by atoms with Gasteiger partial charge in [-0.2, -0.15) is 0 Å². The molecule has 2 aromatic rings. The van der Waals surface area contributed by atoms with E-state index in [-0.39, 0.29) is 4.83 Å². The molecule has 102 valence electrons. The summed E-state index contributed by atoms with van der Waals surface area (Å²) in [6.07, 6.45) is 0. The molecule has 0 aliphatic heterocycles. The Labute approximate surface area is 136 Å². The monoisotopic (exact) mass is 452 g/mol. The summed E-state index contributed by atoms with van der Waals surface area (Å²) in [5.41, 5.74) is 0.935. The first-order valence-corrected chi connectivity index (χ1v) is 7.87. The number of hydrogen-bond acceptors (Lipinski definition) is 3. The molecule has 0 radical (unpaired) electrons. The lowest BCUT2D eigenvalue weighted by Crippen LogP contribution is -1.98. The summed E-state index contributed by atoms with van der Waals surface area (Å²) in [6.45, 7) is 0. The molecule has 0 aliphatic carbocycles. The Morgan fingerprint density at radius 1 is 1.05 bits per heavy atom. The van der Waals surface area contributed by atoms with Crippen molar-refractivity contribution in [1.29, 1.82) is 0 Å². The Hall–Kier alpha value is -0.460. The minimum Gasteiger partial charge on any atom is -0.496 e. The first-order chi connectivity index (χ1) is 9.06. The third-order valence-electron chi connectivity index (χ3n) is 2.62. The van der Waals surface area contributed by atoms with Gasteiger partial charge in [0.15, 0.2) is 4.67 Å². The highest BCUT2D eigenvalue weighted by Crippen LogP contribution is 2.42. The SMILES string of the molecule is COc1cc(C(Br)c2ccc(Br)o2)c(OC)cc1Br. The molecule has 2 rings (SSSR count). The molecule has 19 heavy (non-hydrogen) atoms. The Morgan fingerprint density at radius 2 is 1.74 bits per heavy atom. The van der Waals surface area contributed by atoms with Crippen molar-refractivity contribution in [2.24, 2.45) is 0 Å². The lowest BCUT2D eigenvalue weighted by Gasteiger charge is -2.15. The van der Waals surface area contributed by atoms with Crippen molar-refractivity contribution in [2.45, 2.75) is 4.83 Å². The second kappa shape index (κ2) is 6.33. The molecular formula is C13H11Br3O3. The van der Waals surface area contributed by atoms with Crippen LogP contribution in [0.4, 0.5) is 0 Å². The van der Waals surface area contributed by atoms with Crippen molar-refractivity contribution in [2.75, 3.05) is 14.2 Å². The number of benzene rings is 1. The Bertz CT molecular complexity index is 581. The molecule has 1 unspecified atom stereocenters. The van der Waals surface area contributed by atoms with Crippen LogP contribution in [0.5, 0.6) is 11.5 Å². The third kappa shape index (κ3) is 3.17. The smallest absolute Gasteiger partial charge is 0.169 e. The molecule has 1 atom stereocenters. The lowest BCUT2D eigenvalue weighted by atomic mass is 10.1. The van der Waals surface area contributed by atoms with E-state index in [0.29, 0.717) is 4.67 Å². The number of hydrogen-bond donors (Lipinski definition) is 0. The van der Waals surface area contributed by atoms with Crippen LogP contribution in [0.1, 0.15) is 16.2 Å². The molecule has 0 N–H and O–H groups in total. The third-order valence-corrected chi connectivity index (χ3v) is 4.61. The number of furan rings is 1. The van der Waals surface area contributed by atoms with Crippen LogP contribution in [-0.2, 0) is 0 Å². The summed E-state index contributed by atoms with van der Waals surface area (Å²) in [5.74, 6) is 2.28. The van der Waals surface area contributed by atoms with E-state index in [1.165, 1.54) is 0 Å². The Morgan fingerprint density at radius 3 is 2.26 bits per heavy atom. The van der Waals surface area contributed by atoms with E-state index in [2.05, 4.69) is 47.8 Å². The maximum atomic E-state index is 5.56. The van der Waals surface area contributed by atoms with Crippen molar-refractivity contribution in [1.82, 2.24) is 0 Å². The topological polar surface area (TPSA) is 31.6 Å². The van der Waals surface area contributed by atoms with E-state index in [1.807, 2.05) is 24.3 Å². The molecule has 1 heterocycles. The summed E-state index contributed by atoms with van der Waals surface area (Å²) >= 11 is 10.4. The lowest BCUT2D eigenvalue weighted by molar-refractivity contribution is 0.395. The normalized spacial score (nSPS) is 12.3. The molecule has 0 fully saturated rings. The first kappa shape index (κ1) is 14.9. The van der Waals surface area contributed by atoms with Gasteiger partial charge >= 0.3 is 0 Å². The van der Waals surface area contributed by atoms with Gasteiger partial charge in [-0.15, -0.1) is 0 Å². The van der Waals surface area contributed by atoms with Crippen molar-refractivity contribution in [3.05, 3.63) is 44.7 Å². The van der Waals surface area contributed by atoms with Crippen molar-refractivity contribution >= 4 is 47.8 Å². The van der Waals surface area contributed by atoms with E-state index < -0.39 is 0 Å². The molecule has 0 bridgehead atoms.